The van der Waals surface area contributed by atoms with Gasteiger partial charge in [0, 0.05) is 15.6 Å². The zero-order valence-electron chi connectivity index (χ0n) is 16.3. The van der Waals surface area contributed by atoms with Crippen molar-refractivity contribution in [3.05, 3.63) is 104 Å². The van der Waals surface area contributed by atoms with Gasteiger partial charge >= 0.3 is 0 Å². The Morgan fingerprint density at radius 2 is 1.68 bits per heavy atom. The molecule has 1 saturated heterocycles. The van der Waals surface area contributed by atoms with Crippen LogP contribution in [0.15, 0.2) is 77.7 Å². The van der Waals surface area contributed by atoms with Gasteiger partial charge in [-0.3, -0.25) is 14.5 Å². The number of imide groups is 1. The Hall–Kier alpha value is -2.73. The minimum absolute atomic E-state index is 0.264. The summed E-state index contributed by atoms with van der Waals surface area (Å²) in [5.41, 5.74) is 2.55. The molecule has 1 aliphatic rings. The van der Waals surface area contributed by atoms with Crippen LogP contribution in [-0.4, -0.2) is 16.0 Å². The highest BCUT2D eigenvalue weighted by Gasteiger charge is 2.34. The smallest absolute Gasteiger partial charge is 0.293 e. The Kier molecular flexibility index (Phi) is 6.66. The van der Waals surface area contributed by atoms with E-state index in [9.17, 15) is 9.59 Å². The van der Waals surface area contributed by atoms with Gasteiger partial charge in [0.15, 0.2) is 0 Å². The fourth-order valence-corrected chi connectivity index (χ4v) is 4.32. The molecule has 3 aromatic rings. The van der Waals surface area contributed by atoms with Gasteiger partial charge in [-0.25, -0.2) is 0 Å². The molecule has 31 heavy (non-hydrogen) atoms. The van der Waals surface area contributed by atoms with Gasteiger partial charge in [-0.2, -0.15) is 0 Å². The third-order valence-corrected chi connectivity index (χ3v) is 6.14. The number of amides is 2. The Labute approximate surface area is 194 Å². The molecule has 1 fully saturated rings. The summed E-state index contributed by atoms with van der Waals surface area (Å²) in [5.74, 6) is 0.386. The zero-order valence-corrected chi connectivity index (χ0v) is 18.6. The molecule has 156 valence electrons. The molecular weight excluding hydrogens is 453 g/mol. The lowest BCUT2D eigenvalue weighted by atomic mass is 10.2. The van der Waals surface area contributed by atoms with Crippen LogP contribution in [0.25, 0.3) is 6.08 Å². The highest BCUT2D eigenvalue weighted by molar-refractivity contribution is 8.18. The first-order valence-electron chi connectivity index (χ1n) is 9.46. The van der Waals surface area contributed by atoms with Crippen molar-refractivity contribution in [2.24, 2.45) is 0 Å². The molecule has 0 saturated carbocycles. The SMILES string of the molecule is O=C1S/C(=C/c2ccc(OCc3ccc(Cl)cc3Cl)cc2)C(=O)N1Cc1ccccc1. The molecule has 4 rings (SSSR count). The molecule has 0 unspecified atom stereocenters. The molecule has 7 heteroatoms. The number of thioether (sulfide) groups is 1. The molecule has 0 N–H and O–H groups in total. The van der Waals surface area contributed by atoms with E-state index in [2.05, 4.69) is 0 Å². The lowest BCUT2D eigenvalue weighted by Gasteiger charge is -2.12. The predicted molar refractivity (Wildman–Crippen MR) is 125 cm³/mol. The average molecular weight is 470 g/mol. The van der Waals surface area contributed by atoms with Crippen LogP contribution in [0.5, 0.6) is 5.75 Å². The van der Waals surface area contributed by atoms with E-state index in [1.807, 2.05) is 60.7 Å². The molecule has 3 aromatic carbocycles. The predicted octanol–water partition coefficient (Wildman–Crippen LogP) is 6.81. The second-order valence-corrected chi connectivity index (χ2v) is 8.68. The summed E-state index contributed by atoms with van der Waals surface area (Å²) in [6.07, 6.45) is 1.72. The molecule has 4 nitrogen and oxygen atoms in total. The van der Waals surface area contributed by atoms with Crippen molar-refractivity contribution in [2.75, 3.05) is 0 Å². The molecular formula is C24H17Cl2NO3S. The minimum atomic E-state index is -0.281. The number of rotatable bonds is 6. The van der Waals surface area contributed by atoms with Gasteiger partial charge in [0.2, 0.25) is 0 Å². The number of hydrogen-bond donors (Lipinski definition) is 0. The summed E-state index contributed by atoms with van der Waals surface area (Å²) < 4.78 is 5.78. The van der Waals surface area contributed by atoms with E-state index in [0.717, 1.165) is 28.5 Å². The third kappa shape index (κ3) is 5.31. The standard InChI is InChI=1S/C24H17Cl2NO3S/c25-19-9-8-18(21(26)13-19)15-30-20-10-6-16(7-11-20)12-22-23(28)27(24(29)31-22)14-17-4-2-1-3-5-17/h1-13H,14-15H2/b22-12+. The summed E-state index contributed by atoms with van der Waals surface area (Å²) in [6, 6.07) is 22.0. The molecule has 1 heterocycles. The third-order valence-electron chi connectivity index (χ3n) is 4.64. The van der Waals surface area contributed by atoms with Crippen LogP contribution >= 0.6 is 35.0 Å². The molecule has 0 atom stereocenters. The number of hydrogen-bond acceptors (Lipinski definition) is 4. The Morgan fingerprint density at radius 3 is 2.39 bits per heavy atom. The number of carbonyl (C=O) groups is 2. The molecule has 2 amide bonds. The van der Waals surface area contributed by atoms with Crippen molar-refractivity contribution in [1.82, 2.24) is 4.90 Å². The van der Waals surface area contributed by atoms with Crippen LogP contribution in [0, 0.1) is 0 Å². The van der Waals surface area contributed by atoms with E-state index in [4.69, 9.17) is 27.9 Å². The number of nitrogens with zero attached hydrogens (tertiary/aromatic N) is 1. The maximum atomic E-state index is 12.7. The fraction of sp³-hybridized carbons (Fsp3) is 0.0833. The lowest BCUT2D eigenvalue weighted by molar-refractivity contribution is -0.123. The van der Waals surface area contributed by atoms with Crippen LogP contribution in [0.3, 0.4) is 0 Å². The van der Waals surface area contributed by atoms with Crippen molar-refractivity contribution in [2.45, 2.75) is 13.2 Å². The van der Waals surface area contributed by atoms with E-state index >= 15 is 0 Å². The van der Waals surface area contributed by atoms with Crippen LogP contribution in [0.1, 0.15) is 16.7 Å². The summed E-state index contributed by atoms with van der Waals surface area (Å²) in [6.45, 7) is 0.580. The van der Waals surface area contributed by atoms with E-state index in [1.165, 1.54) is 4.90 Å². The molecule has 0 spiro atoms. The van der Waals surface area contributed by atoms with Crippen molar-refractivity contribution < 1.29 is 14.3 Å². The zero-order chi connectivity index (χ0) is 21.8. The second kappa shape index (κ2) is 9.60. The van der Waals surface area contributed by atoms with Crippen LogP contribution in [0.4, 0.5) is 4.79 Å². The van der Waals surface area contributed by atoms with Crippen molar-refractivity contribution in [1.29, 1.82) is 0 Å². The first-order chi connectivity index (χ1) is 15.0. The van der Waals surface area contributed by atoms with Gasteiger partial charge in [-0.15, -0.1) is 0 Å². The molecule has 0 aliphatic carbocycles. The normalized spacial score (nSPS) is 15.0. The van der Waals surface area contributed by atoms with E-state index in [-0.39, 0.29) is 17.7 Å². The summed E-state index contributed by atoms with van der Waals surface area (Å²) in [7, 11) is 0. The van der Waals surface area contributed by atoms with Crippen LogP contribution < -0.4 is 4.74 Å². The number of benzene rings is 3. The van der Waals surface area contributed by atoms with E-state index in [0.29, 0.717) is 27.3 Å². The topological polar surface area (TPSA) is 46.6 Å². The van der Waals surface area contributed by atoms with Gasteiger partial charge in [-0.05, 0) is 53.2 Å². The van der Waals surface area contributed by atoms with Crippen molar-refractivity contribution in [3.8, 4) is 5.75 Å². The van der Waals surface area contributed by atoms with Gasteiger partial charge < -0.3 is 4.74 Å². The molecule has 0 aromatic heterocycles. The van der Waals surface area contributed by atoms with Crippen molar-refractivity contribution >= 4 is 52.2 Å². The maximum absolute atomic E-state index is 12.7. The summed E-state index contributed by atoms with van der Waals surface area (Å²) in [4.78, 5) is 26.6. The Bertz CT molecular complexity index is 1150. The summed E-state index contributed by atoms with van der Waals surface area (Å²) >= 11 is 13.0. The summed E-state index contributed by atoms with van der Waals surface area (Å²) in [5, 5.41) is 0.863. The first kappa shape index (κ1) is 21.5. The van der Waals surface area contributed by atoms with Gasteiger partial charge in [-0.1, -0.05) is 71.7 Å². The largest absolute Gasteiger partial charge is 0.489 e. The van der Waals surface area contributed by atoms with Crippen LogP contribution in [-0.2, 0) is 17.9 Å². The minimum Gasteiger partial charge on any atom is -0.489 e. The highest BCUT2D eigenvalue weighted by Crippen LogP contribution is 2.33. The average Bonchev–Trinajstić information content (AvgIpc) is 3.02. The van der Waals surface area contributed by atoms with Gasteiger partial charge in [0.25, 0.3) is 11.1 Å². The Balaban J connectivity index is 1.41. The Morgan fingerprint density at radius 1 is 0.935 bits per heavy atom. The monoisotopic (exact) mass is 469 g/mol. The van der Waals surface area contributed by atoms with Crippen molar-refractivity contribution in [3.63, 3.8) is 0 Å². The number of carbonyl (C=O) groups excluding carboxylic acids is 2. The highest BCUT2D eigenvalue weighted by atomic mass is 35.5. The fourth-order valence-electron chi connectivity index (χ4n) is 3.01. The van der Waals surface area contributed by atoms with E-state index < -0.39 is 0 Å². The van der Waals surface area contributed by atoms with Crippen LogP contribution in [0.2, 0.25) is 10.0 Å². The number of halogens is 2. The maximum Gasteiger partial charge on any atom is 0.293 e. The van der Waals surface area contributed by atoms with Gasteiger partial charge in [0.05, 0.1) is 11.4 Å². The second-order valence-electron chi connectivity index (χ2n) is 6.85. The first-order valence-corrected chi connectivity index (χ1v) is 11.0. The molecule has 1 aliphatic heterocycles. The molecule has 0 radical (unpaired) electrons. The van der Waals surface area contributed by atoms with E-state index in [1.54, 1.807) is 18.2 Å². The molecule has 0 bridgehead atoms. The number of ether oxygens (including phenoxy) is 1. The quantitative estimate of drug-likeness (QED) is 0.372. The van der Waals surface area contributed by atoms with Gasteiger partial charge in [0.1, 0.15) is 12.4 Å². The lowest BCUT2D eigenvalue weighted by Crippen LogP contribution is -2.27.